The average molecular weight is 192 g/mol. The van der Waals surface area contributed by atoms with Crippen LogP contribution in [0.1, 0.15) is 0 Å². The smallest absolute Gasteiger partial charge is 0.0698 e. The molecule has 0 saturated carbocycles. The van der Waals surface area contributed by atoms with E-state index in [0.29, 0.717) is 39.5 Å². The summed E-state index contributed by atoms with van der Waals surface area (Å²) in [7, 11) is 0. The van der Waals surface area contributed by atoms with E-state index >= 15 is 0 Å². The van der Waals surface area contributed by atoms with E-state index in [2.05, 4.69) is 5.32 Å². The molecule has 0 aromatic carbocycles. The van der Waals surface area contributed by atoms with Gasteiger partial charge in [0.2, 0.25) is 0 Å². The molecule has 0 aromatic heterocycles. The van der Waals surface area contributed by atoms with Gasteiger partial charge < -0.3 is 19.7 Å². The van der Waals surface area contributed by atoms with Gasteiger partial charge in [-0.3, -0.25) is 0 Å². The van der Waals surface area contributed by atoms with Crippen LogP contribution in [-0.4, -0.2) is 62.9 Å². The third kappa shape index (κ3) is 11.8. The zero-order valence-electron chi connectivity index (χ0n) is 7.81. The molecule has 13 heavy (non-hydrogen) atoms. The molecule has 5 nitrogen and oxygen atoms in total. The van der Waals surface area contributed by atoms with Gasteiger partial charge in [-0.15, -0.1) is 0 Å². The minimum absolute atomic E-state index is 0.0552. The van der Waals surface area contributed by atoms with Crippen LogP contribution in [0.15, 0.2) is 0 Å². The van der Waals surface area contributed by atoms with Gasteiger partial charge in [0.15, 0.2) is 0 Å². The van der Waals surface area contributed by atoms with Crippen molar-refractivity contribution >= 4 is 0 Å². The van der Waals surface area contributed by atoms with Crippen molar-refractivity contribution in [2.45, 2.75) is 0 Å². The average Bonchev–Trinajstić information content (AvgIpc) is 2.16. The van der Waals surface area contributed by atoms with E-state index in [-0.39, 0.29) is 13.2 Å². The Labute approximate surface area is 78.7 Å². The third-order valence-electron chi connectivity index (χ3n) is 1.26. The van der Waals surface area contributed by atoms with E-state index in [9.17, 15) is 0 Å². The Morgan fingerprint density at radius 2 is 1.23 bits per heavy atom. The minimum Gasteiger partial charge on any atom is -0.394 e. The monoisotopic (exact) mass is 192 g/mol. The highest BCUT2D eigenvalue weighted by Gasteiger charge is 1.90. The number of rotatable bonds is 10. The second kappa shape index (κ2) is 11.8. The minimum atomic E-state index is 0.0552. The van der Waals surface area contributed by atoms with Gasteiger partial charge in [-0.1, -0.05) is 0 Å². The van der Waals surface area contributed by atoms with Gasteiger partial charge in [0.25, 0.3) is 0 Å². The van der Waals surface area contributed by atoms with Crippen LogP contribution in [0.25, 0.3) is 0 Å². The molecule has 5 heteroatoms. The molecule has 0 spiro atoms. The summed E-state index contributed by atoms with van der Waals surface area (Å²) >= 11 is 0. The Morgan fingerprint density at radius 1 is 0.769 bits per heavy atom. The van der Waals surface area contributed by atoms with Gasteiger partial charge in [-0.2, -0.15) is 0 Å². The van der Waals surface area contributed by atoms with Crippen molar-refractivity contribution in [3.8, 4) is 0 Å². The summed E-state index contributed by atoms with van der Waals surface area (Å²) in [5.41, 5.74) is 0. The zero-order chi connectivity index (χ0) is 9.78. The predicted octanol–water partition coefficient (Wildman–Crippen LogP) is -1.39. The Hall–Kier alpha value is -0.200. The number of aliphatic hydroxyl groups excluding tert-OH is 2. The fraction of sp³-hybridized carbons (Fsp3) is 1.00. The SMILES string of the molecule is OCCOCC[N]CCOCCO. The highest BCUT2D eigenvalue weighted by atomic mass is 16.5. The normalized spacial score (nSPS) is 10.6. The molecule has 79 valence electrons. The molecule has 0 bridgehead atoms. The summed E-state index contributed by atoms with van der Waals surface area (Å²) in [6, 6.07) is 0. The Balaban J connectivity index is 2.76. The summed E-state index contributed by atoms with van der Waals surface area (Å²) in [6.07, 6.45) is 0. The van der Waals surface area contributed by atoms with Crippen LogP contribution in [0.2, 0.25) is 0 Å². The van der Waals surface area contributed by atoms with E-state index in [0.717, 1.165) is 0 Å². The first kappa shape index (κ1) is 12.8. The molecule has 0 unspecified atom stereocenters. The predicted molar refractivity (Wildman–Crippen MR) is 47.7 cm³/mol. The zero-order valence-corrected chi connectivity index (χ0v) is 7.81. The summed E-state index contributed by atoms with van der Waals surface area (Å²) in [4.78, 5) is 0. The van der Waals surface area contributed by atoms with Crippen molar-refractivity contribution in [3.63, 3.8) is 0 Å². The molecular weight excluding hydrogens is 174 g/mol. The molecule has 0 rings (SSSR count). The maximum Gasteiger partial charge on any atom is 0.0698 e. The van der Waals surface area contributed by atoms with Crippen molar-refractivity contribution in [2.24, 2.45) is 0 Å². The first-order chi connectivity index (χ1) is 6.41. The highest BCUT2D eigenvalue weighted by molar-refractivity contribution is 4.44. The van der Waals surface area contributed by atoms with E-state index in [1.54, 1.807) is 0 Å². The molecule has 0 aliphatic heterocycles. The summed E-state index contributed by atoms with van der Waals surface area (Å²) in [6.45, 7) is 3.19. The van der Waals surface area contributed by atoms with Gasteiger partial charge >= 0.3 is 0 Å². The van der Waals surface area contributed by atoms with E-state index in [1.165, 1.54) is 0 Å². The van der Waals surface area contributed by atoms with Crippen LogP contribution in [0.3, 0.4) is 0 Å². The lowest BCUT2D eigenvalue weighted by atomic mass is 10.6. The van der Waals surface area contributed by atoms with Gasteiger partial charge in [0.05, 0.1) is 39.6 Å². The van der Waals surface area contributed by atoms with Crippen molar-refractivity contribution in [1.82, 2.24) is 5.32 Å². The van der Waals surface area contributed by atoms with E-state index < -0.39 is 0 Å². The maximum atomic E-state index is 8.37. The quantitative estimate of drug-likeness (QED) is 0.418. The standard InChI is InChI=1S/C8H18NO4/c10-3-7-12-5-1-9-2-6-13-8-4-11/h10-11H,1-8H2. The Morgan fingerprint density at radius 3 is 1.62 bits per heavy atom. The lowest BCUT2D eigenvalue weighted by molar-refractivity contribution is 0.0828. The van der Waals surface area contributed by atoms with Gasteiger partial charge in [-0.05, 0) is 0 Å². The molecule has 0 aliphatic carbocycles. The van der Waals surface area contributed by atoms with Crippen LogP contribution in [-0.2, 0) is 9.47 Å². The molecule has 0 aliphatic rings. The van der Waals surface area contributed by atoms with Crippen LogP contribution >= 0.6 is 0 Å². The molecular formula is C8H18NO4. The van der Waals surface area contributed by atoms with Crippen LogP contribution in [0, 0.1) is 0 Å². The van der Waals surface area contributed by atoms with E-state index in [4.69, 9.17) is 19.7 Å². The lowest BCUT2D eigenvalue weighted by Crippen LogP contribution is -2.18. The number of nitrogens with zero attached hydrogens (tertiary/aromatic N) is 1. The number of ether oxygens (including phenoxy) is 2. The van der Waals surface area contributed by atoms with Gasteiger partial charge in [-0.25, -0.2) is 5.32 Å². The Kier molecular flexibility index (Phi) is 11.6. The van der Waals surface area contributed by atoms with Crippen LogP contribution in [0.5, 0.6) is 0 Å². The van der Waals surface area contributed by atoms with Crippen LogP contribution in [0.4, 0.5) is 0 Å². The highest BCUT2D eigenvalue weighted by Crippen LogP contribution is 1.75. The third-order valence-corrected chi connectivity index (χ3v) is 1.26. The van der Waals surface area contributed by atoms with Crippen molar-refractivity contribution in [3.05, 3.63) is 0 Å². The van der Waals surface area contributed by atoms with Crippen molar-refractivity contribution < 1.29 is 19.7 Å². The first-order valence-electron chi connectivity index (χ1n) is 4.42. The molecule has 0 saturated heterocycles. The largest absolute Gasteiger partial charge is 0.394 e. The molecule has 0 aromatic rings. The molecule has 2 N–H and O–H groups in total. The Bertz CT molecular complexity index is 82.2. The number of hydrogen-bond acceptors (Lipinski definition) is 4. The molecule has 0 heterocycles. The lowest BCUT2D eigenvalue weighted by Gasteiger charge is -2.03. The molecule has 0 amide bonds. The second-order valence-electron chi connectivity index (χ2n) is 2.34. The van der Waals surface area contributed by atoms with Gasteiger partial charge in [0.1, 0.15) is 0 Å². The van der Waals surface area contributed by atoms with Crippen LogP contribution < -0.4 is 5.32 Å². The fourth-order valence-electron chi connectivity index (χ4n) is 0.703. The fourth-order valence-corrected chi connectivity index (χ4v) is 0.703. The number of hydrogen-bond donors (Lipinski definition) is 2. The molecule has 0 fully saturated rings. The van der Waals surface area contributed by atoms with Crippen molar-refractivity contribution in [1.29, 1.82) is 0 Å². The maximum absolute atomic E-state index is 8.37. The first-order valence-corrected chi connectivity index (χ1v) is 4.42. The second-order valence-corrected chi connectivity index (χ2v) is 2.34. The summed E-state index contributed by atoms with van der Waals surface area (Å²) in [5.74, 6) is 0. The topological polar surface area (TPSA) is 73.0 Å². The number of aliphatic hydroxyl groups is 2. The molecule has 0 atom stereocenters. The summed E-state index contributed by atoms with van der Waals surface area (Å²) in [5, 5.41) is 20.8. The van der Waals surface area contributed by atoms with Crippen molar-refractivity contribution in [2.75, 3.05) is 52.7 Å². The van der Waals surface area contributed by atoms with Gasteiger partial charge in [0, 0.05) is 13.1 Å². The van der Waals surface area contributed by atoms with E-state index in [1.807, 2.05) is 0 Å². The molecule has 1 radical (unpaired) electrons. The summed E-state index contributed by atoms with van der Waals surface area (Å²) < 4.78 is 9.97.